The van der Waals surface area contributed by atoms with Crippen LogP contribution in [0, 0.1) is 0 Å². The first kappa shape index (κ1) is 16.1. The van der Waals surface area contributed by atoms with E-state index in [2.05, 4.69) is 15.7 Å². The highest BCUT2D eigenvalue weighted by molar-refractivity contribution is 5.81. The maximum Gasteiger partial charge on any atom is 0.241 e. The number of ether oxygens (including phenoxy) is 1. The molecule has 22 heavy (non-hydrogen) atoms. The van der Waals surface area contributed by atoms with Gasteiger partial charge >= 0.3 is 0 Å². The maximum absolute atomic E-state index is 11.9. The number of hydrogen-bond acceptors (Lipinski definition) is 5. The second kappa shape index (κ2) is 8.26. The highest BCUT2D eigenvalue weighted by atomic mass is 16.5. The average molecular weight is 304 g/mol. The number of methoxy groups -OCH3 is 1. The fourth-order valence-electron chi connectivity index (χ4n) is 2.07. The molecule has 0 aliphatic carbocycles. The molecule has 0 saturated carbocycles. The lowest BCUT2D eigenvalue weighted by Crippen LogP contribution is -2.35. The van der Waals surface area contributed by atoms with E-state index in [0.29, 0.717) is 30.6 Å². The van der Waals surface area contributed by atoms with Gasteiger partial charge in [0.15, 0.2) is 0 Å². The van der Waals surface area contributed by atoms with Crippen molar-refractivity contribution in [3.05, 3.63) is 40.7 Å². The van der Waals surface area contributed by atoms with Gasteiger partial charge in [-0.05, 0) is 12.1 Å². The zero-order valence-corrected chi connectivity index (χ0v) is 12.5. The predicted molar refractivity (Wildman–Crippen MR) is 83.8 cm³/mol. The van der Waals surface area contributed by atoms with Crippen molar-refractivity contribution in [2.45, 2.75) is 6.54 Å². The number of para-hydroxylation sites is 1. The summed E-state index contributed by atoms with van der Waals surface area (Å²) in [5.41, 5.74) is 0.512. The van der Waals surface area contributed by atoms with Crippen LogP contribution >= 0.6 is 0 Å². The summed E-state index contributed by atoms with van der Waals surface area (Å²) < 4.78 is 6.44. The summed E-state index contributed by atoms with van der Waals surface area (Å²) in [6.45, 7) is 2.67. The number of benzene rings is 1. The first-order valence-electron chi connectivity index (χ1n) is 7.13. The van der Waals surface area contributed by atoms with Crippen molar-refractivity contribution in [1.82, 2.24) is 20.4 Å². The molecule has 0 radical (unpaired) electrons. The number of rotatable bonds is 8. The van der Waals surface area contributed by atoms with Crippen LogP contribution in [0.3, 0.4) is 0 Å². The van der Waals surface area contributed by atoms with Gasteiger partial charge in [-0.15, -0.1) is 0 Å². The van der Waals surface area contributed by atoms with Crippen molar-refractivity contribution in [1.29, 1.82) is 0 Å². The molecule has 7 nitrogen and oxygen atoms in total. The average Bonchev–Trinajstić information content (AvgIpc) is 2.54. The fourth-order valence-corrected chi connectivity index (χ4v) is 2.07. The number of nitrogens with zero attached hydrogens (tertiary/aromatic N) is 2. The summed E-state index contributed by atoms with van der Waals surface area (Å²) in [7, 11) is 1.64. The number of hydrogen-bond donors (Lipinski definition) is 2. The van der Waals surface area contributed by atoms with Crippen molar-refractivity contribution in [2.75, 3.05) is 33.4 Å². The second-order valence-electron chi connectivity index (χ2n) is 4.78. The van der Waals surface area contributed by atoms with Gasteiger partial charge in [0.05, 0.1) is 18.3 Å². The molecule has 0 atom stereocenters. The Bertz CT molecular complexity index is 684. The lowest BCUT2D eigenvalue weighted by atomic mass is 10.2. The van der Waals surface area contributed by atoms with E-state index in [1.165, 1.54) is 10.9 Å². The van der Waals surface area contributed by atoms with Gasteiger partial charge in [0.2, 0.25) is 11.3 Å². The molecule has 0 bridgehead atoms. The van der Waals surface area contributed by atoms with E-state index >= 15 is 0 Å². The lowest BCUT2D eigenvalue weighted by Gasteiger charge is -2.10. The molecule has 0 aliphatic heterocycles. The summed E-state index contributed by atoms with van der Waals surface area (Å²) in [4.78, 5) is 23.6. The minimum absolute atomic E-state index is 0.0822. The van der Waals surface area contributed by atoms with Crippen LogP contribution in [0.1, 0.15) is 0 Å². The smallest absolute Gasteiger partial charge is 0.241 e. The van der Waals surface area contributed by atoms with Crippen molar-refractivity contribution in [3.8, 4) is 0 Å². The van der Waals surface area contributed by atoms with E-state index in [4.69, 9.17) is 4.74 Å². The third-order valence-corrected chi connectivity index (χ3v) is 3.16. The molecule has 0 saturated heterocycles. The molecule has 1 amide bonds. The van der Waals surface area contributed by atoms with Gasteiger partial charge in [0, 0.05) is 32.1 Å². The molecule has 2 N–H and O–H groups in total. The van der Waals surface area contributed by atoms with Crippen LogP contribution in [0.2, 0.25) is 0 Å². The van der Waals surface area contributed by atoms with Crippen LogP contribution in [0.5, 0.6) is 0 Å². The predicted octanol–water partition coefficient (Wildman–Crippen LogP) is -0.251. The Balaban J connectivity index is 1.90. The summed E-state index contributed by atoms with van der Waals surface area (Å²) >= 11 is 0. The first-order valence-corrected chi connectivity index (χ1v) is 7.13. The maximum atomic E-state index is 11.9. The topological polar surface area (TPSA) is 85.2 Å². The molecule has 1 heterocycles. The van der Waals surface area contributed by atoms with Crippen LogP contribution in [0.15, 0.2) is 35.3 Å². The fraction of sp³-hybridized carbons (Fsp3) is 0.400. The first-order chi connectivity index (χ1) is 10.7. The zero-order valence-electron chi connectivity index (χ0n) is 12.5. The van der Waals surface area contributed by atoms with Gasteiger partial charge in [-0.2, -0.15) is 5.10 Å². The molecule has 2 aromatic rings. The SMILES string of the molecule is COCCNCCNC(=O)Cn1ncc(=O)c2ccccc21. The highest BCUT2D eigenvalue weighted by Crippen LogP contribution is 2.07. The van der Waals surface area contributed by atoms with E-state index in [-0.39, 0.29) is 17.9 Å². The number of amides is 1. The normalized spacial score (nSPS) is 10.8. The largest absolute Gasteiger partial charge is 0.383 e. The molecular weight excluding hydrogens is 284 g/mol. The molecule has 1 aromatic heterocycles. The van der Waals surface area contributed by atoms with Crippen LogP contribution in [0.4, 0.5) is 0 Å². The number of nitrogens with one attached hydrogen (secondary N) is 2. The molecule has 0 unspecified atom stereocenters. The molecule has 1 aromatic carbocycles. The summed E-state index contributed by atoms with van der Waals surface area (Å²) in [5.74, 6) is -0.144. The Kier molecular flexibility index (Phi) is 6.05. The Morgan fingerprint density at radius 2 is 2.09 bits per heavy atom. The minimum atomic E-state index is -0.144. The van der Waals surface area contributed by atoms with E-state index in [1.807, 2.05) is 6.07 Å². The van der Waals surface area contributed by atoms with Crippen LogP contribution in [-0.2, 0) is 16.1 Å². The van der Waals surface area contributed by atoms with Gasteiger partial charge in [-0.25, -0.2) is 0 Å². The zero-order chi connectivity index (χ0) is 15.8. The van der Waals surface area contributed by atoms with Crippen LogP contribution in [0.25, 0.3) is 10.9 Å². The molecule has 118 valence electrons. The standard InChI is InChI=1S/C15H20N4O3/c1-22-9-8-16-6-7-17-15(21)11-19-13-5-3-2-4-12(13)14(20)10-18-19/h2-5,10,16H,6-9,11H2,1H3,(H,17,21). The Labute approximate surface area is 128 Å². The number of fused-ring (bicyclic) bond motifs is 1. The van der Waals surface area contributed by atoms with Crippen molar-refractivity contribution in [3.63, 3.8) is 0 Å². The van der Waals surface area contributed by atoms with Crippen LogP contribution in [-0.4, -0.2) is 49.0 Å². The van der Waals surface area contributed by atoms with E-state index < -0.39 is 0 Å². The van der Waals surface area contributed by atoms with Crippen molar-refractivity contribution < 1.29 is 9.53 Å². The summed E-state index contributed by atoms with van der Waals surface area (Å²) in [5, 5.41) is 10.5. The third kappa shape index (κ3) is 4.37. The summed E-state index contributed by atoms with van der Waals surface area (Å²) in [6, 6.07) is 7.12. The minimum Gasteiger partial charge on any atom is -0.383 e. The molecule has 2 rings (SSSR count). The molecular formula is C15H20N4O3. The highest BCUT2D eigenvalue weighted by Gasteiger charge is 2.07. The van der Waals surface area contributed by atoms with Gasteiger partial charge in [0.25, 0.3) is 0 Å². The van der Waals surface area contributed by atoms with E-state index in [1.54, 1.807) is 25.3 Å². The molecule has 7 heteroatoms. The quantitative estimate of drug-likeness (QED) is 0.657. The van der Waals surface area contributed by atoms with Gasteiger partial charge in [0.1, 0.15) is 6.54 Å². The monoisotopic (exact) mass is 304 g/mol. The van der Waals surface area contributed by atoms with Gasteiger partial charge in [-0.1, -0.05) is 12.1 Å². The van der Waals surface area contributed by atoms with Crippen molar-refractivity contribution >= 4 is 16.8 Å². The number of carbonyl (C=O) groups is 1. The van der Waals surface area contributed by atoms with Gasteiger partial charge in [-0.3, -0.25) is 14.3 Å². The van der Waals surface area contributed by atoms with Gasteiger partial charge < -0.3 is 15.4 Å². The molecule has 0 spiro atoms. The lowest BCUT2D eigenvalue weighted by molar-refractivity contribution is -0.121. The molecule has 0 aliphatic rings. The Morgan fingerprint density at radius 1 is 1.27 bits per heavy atom. The number of carbonyl (C=O) groups excluding carboxylic acids is 1. The summed E-state index contributed by atoms with van der Waals surface area (Å²) in [6.07, 6.45) is 1.24. The Morgan fingerprint density at radius 3 is 2.91 bits per heavy atom. The van der Waals surface area contributed by atoms with E-state index in [9.17, 15) is 9.59 Å². The third-order valence-electron chi connectivity index (χ3n) is 3.16. The number of aromatic nitrogens is 2. The Hall–Kier alpha value is -2.25. The van der Waals surface area contributed by atoms with E-state index in [0.717, 1.165) is 6.54 Å². The molecule has 0 fully saturated rings. The second-order valence-corrected chi connectivity index (χ2v) is 4.78. The van der Waals surface area contributed by atoms with Crippen molar-refractivity contribution in [2.24, 2.45) is 0 Å². The van der Waals surface area contributed by atoms with Crippen LogP contribution < -0.4 is 16.1 Å².